The Morgan fingerprint density at radius 2 is 2.05 bits per heavy atom. The van der Waals surface area contributed by atoms with Crippen LogP contribution < -0.4 is 0 Å². The van der Waals surface area contributed by atoms with Crippen molar-refractivity contribution >= 4 is 17.7 Å². The summed E-state index contributed by atoms with van der Waals surface area (Å²) in [5, 5.41) is 9.23. The van der Waals surface area contributed by atoms with E-state index in [4.69, 9.17) is 4.74 Å². The van der Waals surface area contributed by atoms with Gasteiger partial charge in [-0.2, -0.15) is 0 Å². The average Bonchev–Trinajstić information content (AvgIpc) is 2.88. The Morgan fingerprint density at radius 3 is 2.71 bits per heavy atom. The molecule has 0 saturated carbocycles. The van der Waals surface area contributed by atoms with Crippen LogP contribution in [0.2, 0.25) is 0 Å². The molecule has 0 unspecified atom stereocenters. The molecule has 6 heteroatoms. The SMILES string of the molecule is CCOC(=O)CSc1nnc(-c2ccccc2C)n1CC. The maximum Gasteiger partial charge on any atom is 0.316 e. The molecule has 0 fully saturated rings. The molecular formula is C15H19N3O2S. The van der Waals surface area contributed by atoms with E-state index in [1.807, 2.05) is 29.7 Å². The molecule has 0 amide bonds. The molecule has 1 aromatic carbocycles. The first-order valence-electron chi connectivity index (χ1n) is 6.95. The summed E-state index contributed by atoms with van der Waals surface area (Å²) in [6.07, 6.45) is 0. The van der Waals surface area contributed by atoms with Crippen LogP contribution in [0, 0.1) is 6.92 Å². The molecule has 112 valence electrons. The molecule has 0 aliphatic rings. The Balaban J connectivity index is 2.22. The molecule has 2 rings (SSSR count). The highest BCUT2D eigenvalue weighted by atomic mass is 32.2. The molecule has 0 aliphatic heterocycles. The number of rotatable bonds is 6. The maximum absolute atomic E-state index is 11.4. The fourth-order valence-corrected chi connectivity index (χ4v) is 2.83. The van der Waals surface area contributed by atoms with Gasteiger partial charge in [0.05, 0.1) is 12.4 Å². The van der Waals surface area contributed by atoms with Crippen molar-refractivity contribution in [2.75, 3.05) is 12.4 Å². The quantitative estimate of drug-likeness (QED) is 0.606. The van der Waals surface area contributed by atoms with E-state index < -0.39 is 0 Å². The number of thioether (sulfide) groups is 1. The van der Waals surface area contributed by atoms with E-state index in [9.17, 15) is 4.79 Å². The van der Waals surface area contributed by atoms with Crippen LogP contribution in [0.15, 0.2) is 29.4 Å². The lowest BCUT2D eigenvalue weighted by Crippen LogP contribution is -2.08. The zero-order valence-electron chi connectivity index (χ0n) is 12.5. The van der Waals surface area contributed by atoms with E-state index in [1.165, 1.54) is 11.8 Å². The number of aromatic nitrogens is 3. The van der Waals surface area contributed by atoms with Crippen LogP contribution in [0.5, 0.6) is 0 Å². The Kier molecular flexibility index (Phi) is 5.38. The number of hydrogen-bond donors (Lipinski definition) is 0. The molecule has 1 aromatic heterocycles. The molecule has 21 heavy (non-hydrogen) atoms. The number of aryl methyl sites for hydroxylation is 1. The molecule has 0 atom stereocenters. The molecule has 0 N–H and O–H groups in total. The number of benzene rings is 1. The lowest BCUT2D eigenvalue weighted by Gasteiger charge is -2.08. The van der Waals surface area contributed by atoms with Crippen LogP contribution >= 0.6 is 11.8 Å². The lowest BCUT2D eigenvalue weighted by molar-refractivity contribution is -0.139. The summed E-state index contributed by atoms with van der Waals surface area (Å²) >= 11 is 1.36. The van der Waals surface area contributed by atoms with Crippen LogP contribution in [-0.2, 0) is 16.1 Å². The fourth-order valence-electron chi connectivity index (χ4n) is 2.03. The number of carbonyl (C=O) groups is 1. The normalized spacial score (nSPS) is 10.6. The molecule has 5 nitrogen and oxygen atoms in total. The van der Waals surface area contributed by atoms with Crippen molar-refractivity contribution in [2.45, 2.75) is 32.5 Å². The van der Waals surface area contributed by atoms with Crippen molar-refractivity contribution in [2.24, 2.45) is 0 Å². The third-order valence-corrected chi connectivity index (χ3v) is 3.98. The van der Waals surface area contributed by atoms with Crippen molar-refractivity contribution in [1.82, 2.24) is 14.8 Å². The molecular weight excluding hydrogens is 286 g/mol. The van der Waals surface area contributed by atoms with Gasteiger partial charge >= 0.3 is 5.97 Å². The smallest absolute Gasteiger partial charge is 0.316 e. The van der Waals surface area contributed by atoms with Crippen LogP contribution in [0.1, 0.15) is 19.4 Å². The molecule has 0 aliphatic carbocycles. The highest BCUT2D eigenvalue weighted by Gasteiger charge is 2.15. The summed E-state index contributed by atoms with van der Waals surface area (Å²) in [6.45, 7) is 7.04. The molecule has 0 radical (unpaired) electrons. The van der Waals surface area contributed by atoms with Crippen molar-refractivity contribution in [3.63, 3.8) is 0 Å². The summed E-state index contributed by atoms with van der Waals surface area (Å²) in [5.74, 6) is 0.854. The molecule has 1 heterocycles. The van der Waals surface area contributed by atoms with E-state index in [-0.39, 0.29) is 11.7 Å². The van der Waals surface area contributed by atoms with Gasteiger partial charge in [-0.3, -0.25) is 4.79 Å². The fraction of sp³-hybridized carbons (Fsp3) is 0.400. The van der Waals surface area contributed by atoms with Gasteiger partial charge in [0.2, 0.25) is 0 Å². The minimum absolute atomic E-state index is 0.231. The lowest BCUT2D eigenvalue weighted by atomic mass is 10.1. The van der Waals surface area contributed by atoms with Crippen LogP contribution in [0.4, 0.5) is 0 Å². The minimum atomic E-state index is -0.231. The van der Waals surface area contributed by atoms with Crippen LogP contribution in [-0.4, -0.2) is 33.1 Å². The highest BCUT2D eigenvalue weighted by Crippen LogP contribution is 2.26. The van der Waals surface area contributed by atoms with Gasteiger partial charge in [0.25, 0.3) is 0 Å². The molecule has 0 saturated heterocycles. The van der Waals surface area contributed by atoms with Crippen molar-refractivity contribution in [3.8, 4) is 11.4 Å². The third kappa shape index (κ3) is 3.64. The Morgan fingerprint density at radius 1 is 1.29 bits per heavy atom. The van der Waals surface area contributed by atoms with E-state index >= 15 is 0 Å². The standard InChI is InChI=1S/C15H19N3O2S/c1-4-18-14(12-9-7-6-8-11(12)3)16-17-15(18)21-10-13(19)20-5-2/h6-9H,4-5,10H2,1-3H3. The predicted molar refractivity (Wildman–Crippen MR) is 83.2 cm³/mol. The maximum atomic E-state index is 11.4. The van der Waals surface area contributed by atoms with Crippen LogP contribution in [0.3, 0.4) is 0 Å². The number of nitrogens with zero attached hydrogens (tertiary/aromatic N) is 3. The largest absolute Gasteiger partial charge is 0.465 e. The zero-order chi connectivity index (χ0) is 15.2. The van der Waals surface area contributed by atoms with Gasteiger partial charge in [0, 0.05) is 12.1 Å². The van der Waals surface area contributed by atoms with E-state index in [0.29, 0.717) is 6.61 Å². The monoisotopic (exact) mass is 305 g/mol. The summed E-state index contributed by atoms with van der Waals surface area (Å²) in [6, 6.07) is 8.07. The number of ether oxygens (including phenoxy) is 1. The molecule has 0 bridgehead atoms. The summed E-state index contributed by atoms with van der Waals surface area (Å²) in [7, 11) is 0. The van der Waals surface area contributed by atoms with Gasteiger partial charge < -0.3 is 9.30 Å². The van der Waals surface area contributed by atoms with E-state index in [0.717, 1.165) is 28.7 Å². The Bertz CT molecular complexity index is 625. The van der Waals surface area contributed by atoms with Gasteiger partial charge in [0.1, 0.15) is 0 Å². The predicted octanol–water partition coefficient (Wildman–Crippen LogP) is 2.93. The Hall–Kier alpha value is -1.82. The second-order valence-corrected chi connectivity index (χ2v) is 5.40. The Labute approximate surface area is 128 Å². The van der Waals surface area contributed by atoms with Crippen LogP contribution in [0.25, 0.3) is 11.4 Å². The van der Waals surface area contributed by atoms with E-state index in [1.54, 1.807) is 6.92 Å². The highest BCUT2D eigenvalue weighted by molar-refractivity contribution is 7.99. The first-order chi connectivity index (χ1) is 10.2. The number of carbonyl (C=O) groups excluding carboxylic acids is 1. The molecule has 2 aromatic rings. The summed E-state index contributed by atoms with van der Waals surface area (Å²) in [4.78, 5) is 11.4. The summed E-state index contributed by atoms with van der Waals surface area (Å²) in [5.41, 5.74) is 2.22. The van der Waals surface area contributed by atoms with Crippen molar-refractivity contribution in [1.29, 1.82) is 0 Å². The van der Waals surface area contributed by atoms with Gasteiger partial charge in [-0.15, -0.1) is 10.2 Å². The third-order valence-electron chi connectivity index (χ3n) is 3.04. The van der Waals surface area contributed by atoms with Crippen molar-refractivity contribution in [3.05, 3.63) is 29.8 Å². The second-order valence-electron chi connectivity index (χ2n) is 4.46. The topological polar surface area (TPSA) is 57.0 Å². The number of esters is 1. The zero-order valence-corrected chi connectivity index (χ0v) is 13.3. The van der Waals surface area contributed by atoms with Gasteiger partial charge in [-0.05, 0) is 26.3 Å². The van der Waals surface area contributed by atoms with Crippen molar-refractivity contribution < 1.29 is 9.53 Å². The first kappa shape index (κ1) is 15.6. The average molecular weight is 305 g/mol. The van der Waals surface area contributed by atoms with Gasteiger partial charge in [0.15, 0.2) is 11.0 Å². The summed E-state index contributed by atoms with van der Waals surface area (Å²) < 4.78 is 6.95. The minimum Gasteiger partial charge on any atom is -0.465 e. The number of hydrogen-bond acceptors (Lipinski definition) is 5. The second kappa shape index (κ2) is 7.26. The van der Waals surface area contributed by atoms with Gasteiger partial charge in [-0.1, -0.05) is 36.0 Å². The van der Waals surface area contributed by atoms with Gasteiger partial charge in [-0.25, -0.2) is 0 Å². The first-order valence-corrected chi connectivity index (χ1v) is 7.93. The molecule has 0 spiro atoms. The van der Waals surface area contributed by atoms with E-state index in [2.05, 4.69) is 23.2 Å².